The van der Waals surface area contributed by atoms with Crippen molar-refractivity contribution in [2.45, 2.75) is 26.9 Å². The summed E-state index contributed by atoms with van der Waals surface area (Å²) in [6.45, 7) is 3.77. The minimum atomic E-state index is -0.115. The van der Waals surface area contributed by atoms with Crippen molar-refractivity contribution in [3.63, 3.8) is 0 Å². The summed E-state index contributed by atoms with van der Waals surface area (Å²) in [5.41, 5.74) is 2.26. The van der Waals surface area contributed by atoms with Gasteiger partial charge in [-0.2, -0.15) is 10.1 Å². The molecule has 104 valence electrons. The Labute approximate surface area is 118 Å². The first-order valence-electron chi connectivity index (χ1n) is 6.57. The summed E-state index contributed by atoms with van der Waals surface area (Å²) in [5.74, 6) is 0.463. The fourth-order valence-corrected chi connectivity index (χ4v) is 1.76. The average molecular weight is 270 g/mol. The highest BCUT2D eigenvalue weighted by atomic mass is 16.3. The summed E-state index contributed by atoms with van der Waals surface area (Å²) in [6.07, 6.45) is 2.62. The molecule has 0 saturated carbocycles. The van der Waals surface area contributed by atoms with Crippen molar-refractivity contribution in [1.82, 2.24) is 9.97 Å². The van der Waals surface area contributed by atoms with E-state index in [1.165, 1.54) is 0 Å². The van der Waals surface area contributed by atoms with E-state index in [4.69, 9.17) is 0 Å². The maximum atomic E-state index is 9.27. The fraction of sp³-hybridized carbons (Fsp3) is 0.267. The largest absolute Gasteiger partial charge is 0.390 e. The van der Waals surface area contributed by atoms with Gasteiger partial charge in [-0.05, 0) is 31.5 Å². The molecule has 0 aliphatic heterocycles. The topological polar surface area (TPSA) is 61.6 Å². The van der Waals surface area contributed by atoms with E-state index in [0.717, 1.165) is 17.8 Å². The molecule has 1 heterocycles. The predicted molar refractivity (Wildman–Crippen MR) is 80.1 cm³/mol. The van der Waals surface area contributed by atoms with Gasteiger partial charge in [-0.1, -0.05) is 25.1 Å². The minimum absolute atomic E-state index is 0.115. The second-order valence-electron chi connectivity index (χ2n) is 4.31. The SMILES string of the molecule is CCC=NN(c1ccccc1)c1nc(C)cc(CO)n1. The smallest absolute Gasteiger partial charge is 0.251 e. The molecule has 1 aromatic carbocycles. The number of hydrogen-bond donors (Lipinski definition) is 1. The fourth-order valence-electron chi connectivity index (χ4n) is 1.76. The first-order chi connectivity index (χ1) is 9.74. The van der Waals surface area contributed by atoms with E-state index in [0.29, 0.717) is 11.6 Å². The Balaban J connectivity index is 2.46. The summed E-state index contributed by atoms with van der Waals surface area (Å²) >= 11 is 0. The second kappa shape index (κ2) is 6.77. The molecule has 2 rings (SSSR count). The van der Waals surface area contributed by atoms with Crippen LogP contribution in [0, 0.1) is 6.92 Å². The van der Waals surface area contributed by atoms with Crippen LogP contribution in [0.25, 0.3) is 0 Å². The molecule has 1 N–H and O–H groups in total. The third-order valence-corrected chi connectivity index (χ3v) is 2.63. The molecular weight excluding hydrogens is 252 g/mol. The molecule has 0 amide bonds. The summed E-state index contributed by atoms with van der Waals surface area (Å²) in [5, 5.41) is 15.3. The Morgan fingerprint density at radius 3 is 2.65 bits per heavy atom. The van der Waals surface area contributed by atoms with Crippen molar-refractivity contribution in [2.75, 3.05) is 5.01 Å². The van der Waals surface area contributed by atoms with Crippen molar-refractivity contribution in [2.24, 2.45) is 5.10 Å². The Morgan fingerprint density at radius 2 is 2.00 bits per heavy atom. The Morgan fingerprint density at radius 1 is 1.25 bits per heavy atom. The zero-order valence-corrected chi connectivity index (χ0v) is 11.7. The summed E-state index contributed by atoms with van der Waals surface area (Å²) in [7, 11) is 0. The molecule has 1 aromatic heterocycles. The van der Waals surface area contributed by atoms with Gasteiger partial charge >= 0.3 is 0 Å². The zero-order valence-electron chi connectivity index (χ0n) is 11.7. The maximum absolute atomic E-state index is 9.27. The number of aliphatic hydroxyl groups is 1. The highest BCUT2D eigenvalue weighted by molar-refractivity contribution is 5.64. The van der Waals surface area contributed by atoms with Gasteiger partial charge in [-0.3, -0.25) is 0 Å². The summed E-state index contributed by atoms with van der Waals surface area (Å²) in [6, 6.07) is 11.5. The van der Waals surface area contributed by atoms with Crippen LogP contribution in [0.2, 0.25) is 0 Å². The third-order valence-electron chi connectivity index (χ3n) is 2.63. The van der Waals surface area contributed by atoms with E-state index >= 15 is 0 Å². The van der Waals surface area contributed by atoms with Crippen LogP contribution >= 0.6 is 0 Å². The van der Waals surface area contributed by atoms with Crippen molar-refractivity contribution in [1.29, 1.82) is 0 Å². The van der Waals surface area contributed by atoms with Gasteiger partial charge in [-0.25, -0.2) is 9.97 Å². The Kier molecular flexibility index (Phi) is 4.79. The number of nitrogens with zero attached hydrogens (tertiary/aromatic N) is 4. The van der Waals surface area contributed by atoms with Crippen molar-refractivity contribution in [3.05, 3.63) is 47.8 Å². The lowest BCUT2D eigenvalue weighted by atomic mass is 10.3. The number of aryl methyl sites for hydroxylation is 1. The Bertz CT molecular complexity index is 584. The molecule has 0 aliphatic rings. The molecule has 0 bridgehead atoms. The van der Waals surface area contributed by atoms with Crippen LogP contribution in [0.5, 0.6) is 0 Å². The second-order valence-corrected chi connectivity index (χ2v) is 4.31. The van der Waals surface area contributed by atoms with Crippen LogP contribution in [-0.2, 0) is 6.61 Å². The lowest BCUT2D eigenvalue weighted by Crippen LogP contribution is -2.14. The molecule has 5 nitrogen and oxygen atoms in total. The van der Waals surface area contributed by atoms with E-state index in [9.17, 15) is 5.11 Å². The van der Waals surface area contributed by atoms with Crippen LogP contribution < -0.4 is 5.01 Å². The summed E-state index contributed by atoms with van der Waals surface area (Å²) in [4.78, 5) is 8.73. The van der Waals surface area contributed by atoms with Crippen molar-refractivity contribution >= 4 is 17.9 Å². The van der Waals surface area contributed by atoms with Gasteiger partial charge in [0, 0.05) is 11.9 Å². The molecular formula is C15H18N4O. The first-order valence-corrected chi connectivity index (χ1v) is 6.57. The molecule has 2 aromatic rings. The predicted octanol–water partition coefficient (Wildman–Crippen LogP) is 2.81. The molecule has 0 saturated heterocycles. The van der Waals surface area contributed by atoms with Crippen LogP contribution in [0.1, 0.15) is 24.7 Å². The maximum Gasteiger partial charge on any atom is 0.251 e. The molecule has 0 unspecified atom stereocenters. The number of aromatic nitrogens is 2. The average Bonchev–Trinajstić information content (AvgIpc) is 2.48. The van der Waals surface area contributed by atoms with E-state index < -0.39 is 0 Å². The quantitative estimate of drug-likeness (QED) is 0.670. The van der Waals surface area contributed by atoms with Crippen LogP contribution in [0.15, 0.2) is 41.5 Å². The van der Waals surface area contributed by atoms with Gasteiger partial charge in [-0.15, -0.1) is 0 Å². The molecule has 0 spiro atoms. The number of hydrogen-bond acceptors (Lipinski definition) is 5. The number of rotatable bonds is 5. The van der Waals surface area contributed by atoms with Gasteiger partial charge < -0.3 is 5.11 Å². The van der Waals surface area contributed by atoms with Gasteiger partial charge in [0.05, 0.1) is 18.0 Å². The monoisotopic (exact) mass is 270 g/mol. The molecule has 0 fully saturated rings. The van der Waals surface area contributed by atoms with Crippen molar-refractivity contribution < 1.29 is 5.11 Å². The highest BCUT2D eigenvalue weighted by Crippen LogP contribution is 2.22. The normalized spacial score (nSPS) is 10.9. The van der Waals surface area contributed by atoms with Crippen LogP contribution in [0.4, 0.5) is 11.6 Å². The van der Waals surface area contributed by atoms with Gasteiger partial charge in [0.1, 0.15) is 0 Å². The molecule has 0 radical (unpaired) electrons. The van der Waals surface area contributed by atoms with E-state index in [1.807, 2.05) is 44.2 Å². The standard InChI is InChI=1S/C15H18N4O/c1-3-9-16-19(14-7-5-4-6-8-14)15-17-12(2)10-13(11-20)18-15/h4-10,20H,3,11H2,1-2H3. The highest BCUT2D eigenvalue weighted by Gasteiger charge is 2.12. The third kappa shape index (κ3) is 3.39. The van der Waals surface area contributed by atoms with Crippen LogP contribution in [-0.4, -0.2) is 21.3 Å². The molecule has 5 heteroatoms. The summed E-state index contributed by atoms with van der Waals surface area (Å²) < 4.78 is 0. The number of anilines is 2. The number of benzene rings is 1. The van der Waals surface area contributed by atoms with E-state index in [2.05, 4.69) is 15.1 Å². The van der Waals surface area contributed by atoms with Gasteiger partial charge in [0.25, 0.3) is 5.95 Å². The van der Waals surface area contributed by atoms with E-state index in [-0.39, 0.29) is 6.61 Å². The zero-order chi connectivity index (χ0) is 14.4. The minimum Gasteiger partial charge on any atom is -0.390 e. The molecule has 0 atom stereocenters. The van der Waals surface area contributed by atoms with E-state index in [1.54, 1.807) is 17.3 Å². The number of aliphatic hydroxyl groups excluding tert-OH is 1. The molecule has 20 heavy (non-hydrogen) atoms. The molecule has 0 aliphatic carbocycles. The number of hydrazone groups is 1. The Hall–Kier alpha value is -2.27. The lowest BCUT2D eigenvalue weighted by Gasteiger charge is -2.17. The van der Waals surface area contributed by atoms with Crippen molar-refractivity contribution in [3.8, 4) is 0 Å². The lowest BCUT2D eigenvalue weighted by molar-refractivity contribution is 0.276. The van der Waals surface area contributed by atoms with Gasteiger partial charge in [0.2, 0.25) is 0 Å². The number of para-hydroxylation sites is 1. The van der Waals surface area contributed by atoms with Gasteiger partial charge in [0.15, 0.2) is 0 Å². The first kappa shape index (κ1) is 14.1. The van der Waals surface area contributed by atoms with Crippen LogP contribution in [0.3, 0.4) is 0 Å².